The minimum atomic E-state index is -0.0322. The van der Waals surface area contributed by atoms with Gasteiger partial charge in [-0.3, -0.25) is 4.79 Å². The lowest BCUT2D eigenvalue weighted by atomic mass is 10.1. The molecule has 3 N–H and O–H groups in total. The fourth-order valence-corrected chi connectivity index (χ4v) is 2.16. The van der Waals surface area contributed by atoms with E-state index in [2.05, 4.69) is 10.3 Å². The Kier molecular flexibility index (Phi) is 4.98. The first kappa shape index (κ1) is 13.6. The van der Waals surface area contributed by atoms with Gasteiger partial charge in [0.1, 0.15) is 0 Å². The molecule has 4 nitrogen and oxygen atoms in total. The third-order valence-corrected chi connectivity index (χ3v) is 3.20. The molecule has 0 aliphatic heterocycles. The van der Waals surface area contributed by atoms with E-state index in [1.807, 2.05) is 30.5 Å². The second kappa shape index (κ2) is 6.95. The molecule has 0 aliphatic rings. The third kappa shape index (κ3) is 3.58. The molecule has 1 amide bonds. The Balaban J connectivity index is 1.85. The zero-order chi connectivity index (χ0) is 13.5. The van der Waals surface area contributed by atoms with Gasteiger partial charge in [0.15, 0.2) is 0 Å². The summed E-state index contributed by atoms with van der Waals surface area (Å²) in [4.78, 5) is 15.2. The molecule has 0 radical (unpaired) electrons. The molecule has 0 unspecified atom stereocenters. The number of benzene rings is 1. The Labute approximate surface area is 112 Å². The molecule has 102 valence electrons. The van der Waals surface area contributed by atoms with Gasteiger partial charge < -0.3 is 15.4 Å². The topological polar surface area (TPSA) is 65.1 Å². The van der Waals surface area contributed by atoms with Gasteiger partial charge in [-0.25, -0.2) is 0 Å². The highest BCUT2D eigenvalue weighted by molar-refractivity contribution is 6.05. The van der Waals surface area contributed by atoms with E-state index in [1.165, 1.54) is 0 Å². The minimum Gasteiger partial charge on any atom is -0.396 e. The summed E-state index contributed by atoms with van der Waals surface area (Å²) >= 11 is 0. The standard InChI is InChI=1S/C15H20N2O2/c18-11-4-2-1-3-9-17-15(19)13-7-5-6-12-8-10-16-14(12)13/h5-8,10,16,18H,1-4,9,11H2,(H,17,19). The lowest BCUT2D eigenvalue weighted by Crippen LogP contribution is -2.24. The van der Waals surface area contributed by atoms with Gasteiger partial charge in [-0.15, -0.1) is 0 Å². The van der Waals surface area contributed by atoms with E-state index in [0.29, 0.717) is 12.1 Å². The maximum absolute atomic E-state index is 12.1. The number of hydrogen-bond donors (Lipinski definition) is 3. The number of nitrogens with one attached hydrogen (secondary N) is 2. The van der Waals surface area contributed by atoms with Crippen molar-refractivity contribution in [2.45, 2.75) is 25.7 Å². The van der Waals surface area contributed by atoms with Gasteiger partial charge in [0.05, 0.1) is 11.1 Å². The van der Waals surface area contributed by atoms with Crippen LogP contribution in [0.2, 0.25) is 0 Å². The Bertz CT molecular complexity index is 534. The van der Waals surface area contributed by atoms with Gasteiger partial charge in [-0.05, 0) is 25.0 Å². The maximum atomic E-state index is 12.1. The van der Waals surface area contributed by atoms with Crippen molar-refractivity contribution in [3.63, 3.8) is 0 Å². The number of para-hydroxylation sites is 1. The molecule has 0 fully saturated rings. The fraction of sp³-hybridized carbons (Fsp3) is 0.400. The van der Waals surface area contributed by atoms with Crippen LogP contribution in [0.4, 0.5) is 0 Å². The summed E-state index contributed by atoms with van der Waals surface area (Å²) in [7, 11) is 0. The van der Waals surface area contributed by atoms with Gasteiger partial charge in [0.25, 0.3) is 5.91 Å². The molecular formula is C15H20N2O2. The normalized spacial score (nSPS) is 10.8. The zero-order valence-electron chi connectivity index (χ0n) is 11.0. The Morgan fingerprint density at radius 3 is 2.84 bits per heavy atom. The molecule has 1 aromatic heterocycles. The molecular weight excluding hydrogens is 240 g/mol. The fourth-order valence-electron chi connectivity index (χ4n) is 2.16. The summed E-state index contributed by atoms with van der Waals surface area (Å²) < 4.78 is 0. The first-order chi connectivity index (χ1) is 9.33. The summed E-state index contributed by atoms with van der Waals surface area (Å²) in [5.74, 6) is -0.0322. The molecule has 0 spiro atoms. The number of carbonyl (C=O) groups is 1. The quantitative estimate of drug-likeness (QED) is 0.669. The molecule has 2 rings (SSSR count). The van der Waals surface area contributed by atoms with Crippen molar-refractivity contribution in [1.82, 2.24) is 10.3 Å². The molecule has 1 heterocycles. The van der Waals surface area contributed by atoms with Crippen molar-refractivity contribution in [3.05, 3.63) is 36.0 Å². The van der Waals surface area contributed by atoms with Crippen LogP contribution in [0.1, 0.15) is 36.0 Å². The van der Waals surface area contributed by atoms with Crippen LogP contribution in [0.3, 0.4) is 0 Å². The van der Waals surface area contributed by atoms with E-state index >= 15 is 0 Å². The van der Waals surface area contributed by atoms with Crippen molar-refractivity contribution in [2.75, 3.05) is 13.2 Å². The number of carbonyl (C=O) groups excluding carboxylic acids is 1. The molecule has 1 aromatic carbocycles. The highest BCUT2D eigenvalue weighted by Gasteiger charge is 2.09. The number of aliphatic hydroxyl groups is 1. The van der Waals surface area contributed by atoms with Crippen LogP contribution in [0.5, 0.6) is 0 Å². The largest absolute Gasteiger partial charge is 0.396 e. The van der Waals surface area contributed by atoms with Crippen LogP contribution < -0.4 is 5.32 Å². The second-order valence-electron chi connectivity index (χ2n) is 4.64. The summed E-state index contributed by atoms with van der Waals surface area (Å²) in [5, 5.41) is 12.7. The number of aliphatic hydroxyl groups excluding tert-OH is 1. The maximum Gasteiger partial charge on any atom is 0.253 e. The van der Waals surface area contributed by atoms with Gasteiger partial charge in [0, 0.05) is 24.7 Å². The number of amides is 1. The highest BCUT2D eigenvalue weighted by atomic mass is 16.2. The number of unbranched alkanes of at least 4 members (excludes halogenated alkanes) is 3. The van der Waals surface area contributed by atoms with E-state index in [0.717, 1.165) is 36.6 Å². The Morgan fingerprint density at radius 1 is 1.16 bits per heavy atom. The highest BCUT2D eigenvalue weighted by Crippen LogP contribution is 2.16. The third-order valence-electron chi connectivity index (χ3n) is 3.20. The predicted octanol–water partition coefficient (Wildman–Crippen LogP) is 2.45. The second-order valence-corrected chi connectivity index (χ2v) is 4.64. The molecule has 0 aliphatic carbocycles. The zero-order valence-corrected chi connectivity index (χ0v) is 11.0. The number of aromatic nitrogens is 1. The monoisotopic (exact) mass is 260 g/mol. The van der Waals surface area contributed by atoms with Gasteiger partial charge >= 0.3 is 0 Å². The first-order valence-corrected chi connectivity index (χ1v) is 6.78. The summed E-state index contributed by atoms with van der Waals surface area (Å²) in [6.45, 7) is 0.933. The average molecular weight is 260 g/mol. The number of H-pyrrole nitrogens is 1. The van der Waals surface area contributed by atoms with Crippen LogP contribution in [0.15, 0.2) is 30.5 Å². The van der Waals surface area contributed by atoms with E-state index in [1.54, 1.807) is 0 Å². The SMILES string of the molecule is O=C(NCCCCCCO)c1cccc2cc[nH]c12. The number of rotatable bonds is 7. The molecule has 2 aromatic rings. The van der Waals surface area contributed by atoms with Crippen molar-refractivity contribution in [3.8, 4) is 0 Å². The van der Waals surface area contributed by atoms with Gasteiger partial charge in [0.2, 0.25) is 0 Å². The van der Waals surface area contributed by atoms with E-state index in [9.17, 15) is 4.79 Å². The first-order valence-electron chi connectivity index (χ1n) is 6.78. The number of aromatic amines is 1. The average Bonchev–Trinajstić information content (AvgIpc) is 2.90. The van der Waals surface area contributed by atoms with E-state index in [4.69, 9.17) is 5.11 Å². The number of fused-ring (bicyclic) bond motifs is 1. The lowest BCUT2D eigenvalue weighted by Gasteiger charge is -2.06. The predicted molar refractivity (Wildman–Crippen MR) is 76.2 cm³/mol. The molecule has 0 bridgehead atoms. The van der Waals surface area contributed by atoms with Gasteiger partial charge in [-0.2, -0.15) is 0 Å². The van der Waals surface area contributed by atoms with E-state index < -0.39 is 0 Å². The van der Waals surface area contributed by atoms with Crippen LogP contribution in [-0.4, -0.2) is 29.1 Å². The molecule has 4 heteroatoms. The Hall–Kier alpha value is -1.81. The smallest absolute Gasteiger partial charge is 0.253 e. The van der Waals surface area contributed by atoms with Crippen molar-refractivity contribution >= 4 is 16.8 Å². The van der Waals surface area contributed by atoms with Crippen LogP contribution >= 0.6 is 0 Å². The van der Waals surface area contributed by atoms with Crippen molar-refractivity contribution < 1.29 is 9.90 Å². The van der Waals surface area contributed by atoms with E-state index in [-0.39, 0.29) is 12.5 Å². The molecule has 0 saturated heterocycles. The molecule has 0 saturated carbocycles. The van der Waals surface area contributed by atoms with Crippen LogP contribution in [0.25, 0.3) is 10.9 Å². The summed E-state index contributed by atoms with van der Waals surface area (Å²) in [6, 6.07) is 7.67. The molecule has 19 heavy (non-hydrogen) atoms. The van der Waals surface area contributed by atoms with Crippen molar-refractivity contribution in [1.29, 1.82) is 0 Å². The Morgan fingerprint density at radius 2 is 2.00 bits per heavy atom. The summed E-state index contributed by atoms with van der Waals surface area (Å²) in [6.07, 6.45) is 5.69. The lowest BCUT2D eigenvalue weighted by molar-refractivity contribution is 0.0954. The van der Waals surface area contributed by atoms with Crippen molar-refractivity contribution in [2.24, 2.45) is 0 Å². The number of hydrogen-bond acceptors (Lipinski definition) is 2. The van der Waals surface area contributed by atoms with Gasteiger partial charge in [-0.1, -0.05) is 25.0 Å². The summed E-state index contributed by atoms with van der Waals surface area (Å²) in [5.41, 5.74) is 1.58. The molecule has 0 atom stereocenters. The van der Waals surface area contributed by atoms with Crippen LogP contribution in [-0.2, 0) is 0 Å². The van der Waals surface area contributed by atoms with Crippen LogP contribution in [0, 0.1) is 0 Å². The minimum absolute atomic E-state index is 0.0322.